The topological polar surface area (TPSA) is 66.5 Å². The Labute approximate surface area is 160 Å². The van der Waals surface area contributed by atoms with Crippen LogP contribution in [0, 0.1) is 0 Å². The smallest absolute Gasteiger partial charge is 0.387 e. The number of aromatic nitrogens is 1. The van der Waals surface area contributed by atoms with Crippen molar-refractivity contribution in [2.24, 2.45) is 0 Å². The Balaban J connectivity index is 1.63. The first kappa shape index (κ1) is 19.5. The number of piperazine rings is 1. The number of hydrogen-bond acceptors (Lipinski definition) is 5. The number of hydrogen-bond donors (Lipinski definition) is 2. The second kappa shape index (κ2) is 9.07. The van der Waals surface area contributed by atoms with Crippen LogP contribution in [-0.4, -0.2) is 48.6 Å². The van der Waals surface area contributed by atoms with Crippen molar-refractivity contribution in [2.75, 3.05) is 31.5 Å². The summed E-state index contributed by atoms with van der Waals surface area (Å²) in [4.78, 5) is 18.7. The van der Waals surface area contributed by atoms with Crippen LogP contribution in [0.25, 0.3) is 0 Å². The Morgan fingerprint density at radius 3 is 3.00 bits per heavy atom. The minimum absolute atomic E-state index is 0.00325. The van der Waals surface area contributed by atoms with Crippen LogP contribution in [0.2, 0.25) is 5.02 Å². The molecule has 6 nitrogen and oxygen atoms in total. The number of pyridine rings is 1. The highest BCUT2D eigenvalue weighted by molar-refractivity contribution is 6.32. The van der Waals surface area contributed by atoms with Crippen LogP contribution in [0.4, 0.5) is 14.5 Å². The molecule has 27 heavy (non-hydrogen) atoms. The molecule has 0 aliphatic carbocycles. The van der Waals surface area contributed by atoms with Crippen LogP contribution in [0.5, 0.6) is 5.75 Å². The average molecular weight is 397 g/mol. The Hall–Kier alpha value is -2.29. The molecule has 1 aliphatic rings. The van der Waals surface area contributed by atoms with Gasteiger partial charge in [0.2, 0.25) is 5.91 Å². The number of nitrogens with zero attached hydrogens (tertiary/aromatic N) is 2. The molecule has 9 heteroatoms. The Morgan fingerprint density at radius 1 is 1.44 bits per heavy atom. The fourth-order valence-electron chi connectivity index (χ4n) is 2.99. The lowest BCUT2D eigenvalue weighted by Crippen LogP contribution is -2.48. The molecule has 1 atom stereocenters. The fourth-order valence-corrected chi connectivity index (χ4v) is 3.22. The first-order valence-electron chi connectivity index (χ1n) is 8.42. The predicted octanol–water partition coefficient (Wildman–Crippen LogP) is 2.92. The van der Waals surface area contributed by atoms with E-state index >= 15 is 0 Å². The van der Waals surface area contributed by atoms with Crippen LogP contribution >= 0.6 is 11.6 Å². The molecular weight excluding hydrogens is 378 g/mol. The molecule has 1 saturated heterocycles. The van der Waals surface area contributed by atoms with Gasteiger partial charge in [-0.1, -0.05) is 17.7 Å². The van der Waals surface area contributed by atoms with E-state index in [1.807, 2.05) is 12.1 Å². The summed E-state index contributed by atoms with van der Waals surface area (Å²) in [5.41, 5.74) is 1.45. The van der Waals surface area contributed by atoms with Gasteiger partial charge in [-0.15, -0.1) is 0 Å². The maximum absolute atomic E-state index is 12.4. The molecule has 1 amide bonds. The molecule has 3 rings (SSSR count). The van der Waals surface area contributed by atoms with Crippen molar-refractivity contribution in [1.82, 2.24) is 15.2 Å². The van der Waals surface area contributed by atoms with Crippen LogP contribution in [-0.2, 0) is 4.79 Å². The maximum Gasteiger partial charge on any atom is 0.387 e. The monoisotopic (exact) mass is 396 g/mol. The van der Waals surface area contributed by atoms with Gasteiger partial charge in [-0.25, -0.2) is 0 Å². The first-order valence-corrected chi connectivity index (χ1v) is 8.79. The van der Waals surface area contributed by atoms with Gasteiger partial charge in [-0.3, -0.25) is 14.7 Å². The first-order chi connectivity index (χ1) is 13.0. The van der Waals surface area contributed by atoms with E-state index in [9.17, 15) is 13.6 Å². The summed E-state index contributed by atoms with van der Waals surface area (Å²) in [6.07, 6.45) is 3.51. The predicted molar refractivity (Wildman–Crippen MR) is 98.1 cm³/mol. The number of halogens is 3. The number of nitrogens with one attached hydrogen (secondary N) is 2. The second-order valence-electron chi connectivity index (χ2n) is 6.05. The van der Waals surface area contributed by atoms with Crippen molar-refractivity contribution < 1.29 is 18.3 Å². The van der Waals surface area contributed by atoms with Crippen molar-refractivity contribution in [3.05, 3.63) is 53.3 Å². The van der Waals surface area contributed by atoms with E-state index < -0.39 is 6.61 Å². The van der Waals surface area contributed by atoms with Crippen molar-refractivity contribution in [3.63, 3.8) is 0 Å². The number of amides is 1. The molecule has 1 unspecified atom stereocenters. The second-order valence-corrected chi connectivity index (χ2v) is 6.46. The molecule has 2 N–H and O–H groups in total. The number of benzene rings is 1. The van der Waals surface area contributed by atoms with Crippen LogP contribution < -0.4 is 15.4 Å². The number of carbonyl (C=O) groups excluding carboxylic acids is 1. The number of rotatable bonds is 6. The van der Waals surface area contributed by atoms with Crippen molar-refractivity contribution >= 4 is 23.2 Å². The molecule has 1 aliphatic heterocycles. The van der Waals surface area contributed by atoms with Gasteiger partial charge >= 0.3 is 6.61 Å². The molecule has 2 aromatic rings. The Kier molecular flexibility index (Phi) is 6.54. The van der Waals surface area contributed by atoms with Gasteiger partial charge in [0.05, 0.1) is 11.6 Å². The molecule has 1 aromatic carbocycles. The van der Waals surface area contributed by atoms with Gasteiger partial charge < -0.3 is 15.4 Å². The third-order valence-electron chi connectivity index (χ3n) is 4.20. The Morgan fingerprint density at radius 2 is 2.30 bits per heavy atom. The summed E-state index contributed by atoms with van der Waals surface area (Å²) in [6, 6.07) is 8.05. The molecule has 0 spiro atoms. The average Bonchev–Trinajstić information content (AvgIpc) is 2.65. The van der Waals surface area contributed by atoms with E-state index in [0.717, 1.165) is 25.2 Å². The normalized spacial score (nSPS) is 17.7. The minimum atomic E-state index is -2.96. The standard InChI is InChI=1S/C18H19ClF2N4O2/c19-14-8-13(3-4-16(14)27-18(20)21)24-17(26)11-25-7-6-23-10-15(25)12-2-1-5-22-9-12/h1-5,8-9,15,18,23H,6-7,10-11H2,(H,24,26). The van der Waals surface area contributed by atoms with E-state index in [1.165, 1.54) is 18.2 Å². The third kappa shape index (κ3) is 5.35. The highest BCUT2D eigenvalue weighted by atomic mass is 35.5. The molecular formula is C18H19ClF2N4O2. The summed E-state index contributed by atoms with van der Waals surface area (Å²) in [5.74, 6) is -0.354. The van der Waals surface area contributed by atoms with Gasteiger partial charge in [-0.05, 0) is 29.8 Å². The lowest BCUT2D eigenvalue weighted by molar-refractivity contribution is -0.118. The highest BCUT2D eigenvalue weighted by Gasteiger charge is 2.25. The summed E-state index contributed by atoms with van der Waals surface area (Å²) in [6.45, 7) is -0.539. The SMILES string of the molecule is O=C(CN1CCNCC1c1cccnc1)Nc1ccc(OC(F)F)c(Cl)c1. The van der Waals surface area contributed by atoms with E-state index in [4.69, 9.17) is 11.6 Å². The lowest BCUT2D eigenvalue weighted by Gasteiger charge is -2.35. The largest absolute Gasteiger partial charge is 0.433 e. The summed E-state index contributed by atoms with van der Waals surface area (Å²) >= 11 is 5.92. The zero-order valence-corrected chi connectivity index (χ0v) is 15.1. The molecule has 0 radical (unpaired) electrons. The third-order valence-corrected chi connectivity index (χ3v) is 4.50. The molecule has 1 fully saturated rings. The number of ether oxygens (including phenoxy) is 1. The van der Waals surface area contributed by atoms with Crippen LogP contribution in [0.3, 0.4) is 0 Å². The number of alkyl halides is 2. The maximum atomic E-state index is 12.4. The number of carbonyl (C=O) groups is 1. The van der Waals surface area contributed by atoms with Crippen LogP contribution in [0.15, 0.2) is 42.7 Å². The summed E-state index contributed by atoms with van der Waals surface area (Å²) < 4.78 is 28.9. The number of anilines is 1. The van der Waals surface area contributed by atoms with E-state index in [1.54, 1.807) is 12.4 Å². The van der Waals surface area contributed by atoms with Gasteiger partial charge in [0.15, 0.2) is 0 Å². The molecule has 0 bridgehead atoms. The quantitative estimate of drug-likeness (QED) is 0.786. The van der Waals surface area contributed by atoms with E-state index in [2.05, 4.69) is 25.3 Å². The molecule has 0 saturated carbocycles. The molecule has 1 aromatic heterocycles. The van der Waals surface area contributed by atoms with Gasteiger partial charge in [0.1, 0.15) is 5.75 Å². The molecule has 2 heterocycles. The molecule has 144 valence electrons. The van der Waals surface area contributed by atoms with Gasteiger partial charge in [0, 0.05) is 43.8 Å². The van der Waals surface area contributed by atoms with Gasteiger partial charge in [-0.2, -0.15) is 8.78 Å². The minimum Gasteiger partial charge on any atom is -0.433 e. The van der Waals surface area contributed by atoms with Crippen molar-refractivity contribution in [2.45, 2.75) is 12.7 Å². The van der Waals surface area contributed by atoms with Crippen molar-refractivity contribution in [3.8, 4) is 5.75 Å². The lowest BCUT2D eigenvalue weighted by atomic mass is 10.1. The summed E-state index contributed by atoms with van der Waals surface area (Å²) in [5, 5.41) is 6.06. The van der Waals surface area contributed by atoms with E-state index in [0.29, 0.717) is 5.69 Å². The van der Waals surface area contributed by atoms with Crippen molar-refractivity contribution in [1.29, 1.82) is 0 Å². The van der Waals surface area contributed by atoms with Crippen LogP contribution in [0.1, 0.15) is 11.6 Å². The highest BCUT2D eigenvalue weighted by Crippen LogP contribution is 2.29. The summed E-state index contributed by atoms with van der Waals surface area (Å²) in [7, 11) is 0. The zero-order valence-electron chi connectivity index (χ0n) is 14.4. The zero-order chi connectivity index (χ0) is 19.2. The van der Waals surface area contributed by atoms with Gasteiger partial charge in [0.25, 0.3) is 0 Å². The Bertz CT molecular complexity index is 779. The fraction of sp³-hybridized carbons (Fsp3) is 0.333. The van der Waals surface area contributed by atoms with E-state index in [-0.39, 0.29) is 29.3 Å².